The topological polar surface area (TPSA) is 20.2 Å². The molecule has 1 nitrogen and oxygen atoms in total. The van der Waals surface area contributed by atoms with Crippen LogP contribution in [0.4, 0.5) is 0 Å². The Morgan fingerprint density at radius 2 is 1.38 bits per heavy atom. The van der Waals surface area contributed by atoms with E-state index < -0.39 is 0 Å². The zero-order chi connectivity index (χ0) is 12.1. The Labute approximate surface area is 102 Å². The van der Waals surface area contributed by atoms with Crippen LogP contribution in [0.3, 0.4) is 0 Å². The molecular weight excluding hydrogens is 196 g/mol. The van der Waals surface area contributed by atoms with Crippen molar-refractivity contribution in [3.63, 3.8) is 0 Å². The lowest BCUT2D eigenvalue weighted by molar-refractivity contribution is 0.0192. The molecule has 96 valence electrons. The monoisotopic (exact) mass is 226 g/mol. The summed E-state index contributed by atoms with van der Waals surface area (Å²) in [6.07, 6.45) is 7.38. The highest BCUT2D eigenvalue weighted by Crippen LogP contribution is 2.37. The summed E-state index contributed by atoms with van der Waals surface area (Å²) in [6.45, 7) is 9.08. The van der Waals surface area contributed by atoms with Gasteiger partial charge >= 0.3 is 0 Å². The Hall–Kier alpha value is -0.0400. The summed E-state index contributed by atoms with van der Waals surface area (Å²) in [7, 11) is 0. The Kier molecular flexibility index (Phi) is 5.82. The molecule has 0 heterocycles. The molecule has 0 aromatic carbocycles. The third kappa shape index (κ3) is 3.48. The van der Waals surface area contributed by atoms with Gasteiger partial charge in [-0.2, -0.15) is 0 Å². The van der Waals surface area contributed by atoms with Crippen molar-refractivity contribution in [1.29, 1.82) is 0 Å². The van der Waals surface area contributed by atoms with Crippen LogP contribution in [0.5, 0.6) is 0 Å². The maximum Gasteiger partial charge on any atom is 0.0596 e. The second-order valence-corrected chi connectivity index (χ2v) is 5.99. The molecule has 1 saturated carbocycles. The predicted molar refractivity (Wildman–Crippen MR) is 70.4 cm³/mol. The van der Waals surface area contributed by atoms with Gasteiger partial charge in [-0.3, -0.25) is 0 Å². The number of hydrogen-bond acceptors (Lipinski definition) is 1. The van der Waals surface area contributed by atoms with Gasteiger partial charge in [0.25, 0.3) is 0 Å². The van der Waals surface area contributed by atoms with Crippen LogP contribution in [0.15, 0.2) is 0 Å². The van der Waals surface area contributed by atoms with Gasteiger partial charge in [-0.05, 0) is 49.4 Å². The highest BCUT2D eigenvalue weighted by atomic mass is 16.3. The summed E-state index contributed by atoms with van der Waals surface area (Å²) >= 11 is 0. The fourth-order valence-corrected chi connectivity index (χ4v) is 3.31. The number of rotatable bonds is 5. The molecule has 0 bridgehead atoms. The SMILES string of the molecule is CCC(CC)C(O)C1CCC(C(C)C)CC1. The third-order valence-corrected chi connectivity index (χ3v) is 4.77. The fourth-order valence-electron chi connectivity index (χ4n) is 3.31. The highest BCUT2D eigenvalue weighted by molar-refractivity contribution is 4.81. The van der Waals surface area contributed by atoms with Crippen molar-refractivity contribution in [1.82, 2.24) is 0 Å². The van der Waals surface area contributed by atoms with Gasteiger partial charge in [-0.25, -0.2) is 0 Å². The van der Waals surface area contributed by atoms with Crippen LogP contribution >= 0.6 is 0 Å². The summed E-state index contributed by atoms with van der Waals surface area (Å²) < 4.78 is 0. The molecule has 1 unspecified atom stereocenters. The van der Waals surface area contributed by atoms with Crippen LogP contribution in [0, 0.1) is 23.7 Å². The average Bonchev–Trinajstić information content (AvgIpc) is 2.30. The van der Waals surface area contributed by atoms with Crippen molar-refractivity contribution in [3.05, 3.63) is 0 Å². The summed E-state index contributed by atoms with van der Waals surface area (Å²) in [6, 6.07) is 0. The molecule has 0 saturated heterocycles. The van der Waals surface area contributed by atoms with Crippen LogP contribution < -0.4 is 0 Å². The number of aliphatic hydroxyl groups excluding tert-OH is 1. The second kappa shape index (κ2) is 6.64. The zero-order valence-corrected chi connectivity index (χ0v) is 11.6. The van der Waals surface area contributed by atoms with Gasteiger partial charge in [0.1, 0.15) is 0 Å². The molecular formula is C15H30O. The average molecular weight is 226 g/mol. The van der Waals surface area contributed by atoms with Gasteiger partial charge in [-0.15, -0.1) is 0 Å². The molecule has 0 aromatic rings. The van der Waals surface area contributed by atoms with E-state index in [0.29, 0.717) is 11.8 Å². The third-order valence-electron chi connectivity index (χ3n) is 4.77. The summed E-state index contributed by atoms with van der Waals surface area (Å²) in [5.74, 6) is 2.84. The Morgan fingerprint density at radius 3 is 1.75 bits per heavy atom. The Balaban J connectivity index is 2.40. The standard InChI is InChI=1S/C15H30O/c1-5-12(6-2)15(16)14-9-7-13(8-10-14)11(3)4/h11-16H,5-10H2,1-4H3. The Morgan fingerprint density at radius 1 is 0.938 bits per heavy atom. The molecule has 1 fully saturated rings. The molecule has 1 aliphatic rings. The minimum atomic E-state index is -0.0388. The lowest BCUT2D eigenvalue weighted by Gasteiger charge is -2.36. The number of aliphatic hydroxyl groups is 1. The smallest absolute Gasteiger partial charge is 0.0596 e. The molecule has 1 atom stereocenters. The molecule has 1 rings (SSSR count). The van der Waals surface area contributed by atoms with Crippen molar-refractivity contribution in [2.75, 3.05) is 0 Å². The van der Waals surface area contributed by atoms with Crippen molar-refractivity contribution in [2.24, 2.45) is 23.7 Å². The molecule has 16 heavy (non-hydrogen) atoms. The maximum atomic E-state index is 10.4. The summed E-state index contributed by atoms with van der Waals surface area (Å²) in [5, 5.41) is 10.4. The molecule has 0 spiro atoms. The first-order valence-corrected chi connectivity index (χ1v) is 7.28. The quantitative estimate of drug-likeness (QED) is 0.743. The normalized spacial score (nSPS) is 28.7. The summed E-state index contributed by atoms with van der Waals surface area (Å²) in [4.78, 5) is 0. The van der Waals surface area contributed by atoms with Crippen LogP contribution in [0.2, 0.25) is 0 Å². The minimum Gasteiger partial charge on any atom is -0.393 e. The van der Waals surface area contributed by atoms with Crippen molar-refractivity contribution in [3.8, 4) is 0 Å². The largest absolute Gasteiger partial charge is 0.393 e. The van der Waals surface area contributed by atoms with E-state index >= 15 is 0 Å². The molecule has 1 heteroatoms. The van der Waals surface area contributed by atoms with E-state index in [-0.39, 0.29) is 6.10 Å². The first-order chi connectivity index (χ1) is 7.60. The van der Waals surface area contributed by atoms with Crippen LogP contribution in [-0.4, -0.2) is 11.2 Å². The molecule has 0 aliphatic heterocycles. The van der Waals surface area contributed by atoms with E-state index in [9.17, 15) is 5.11 Å². The van der Waals surface area contributed by atoms with Gasteiger partial charge in [0.15, 0.2) is 0 Å². The van der Waals surface area contributed by atoms with E-state index in [1.54, 1.807) is 0 Å². The maximum absolute atomic E-state index is 10.4. The number of hydrogen-bond donors (Lipinski definition) is 1. The highest BCUT2D eigenvalue weighted by Gasteiger charge is 2.30. The van der Waals surface area contributed by atoms with Gasteiger partial charge in [0.2, 0.25) is 0 Å². The van der Waals surface area contributed by atoms with E-state index in [2.05, 4.69) is 27.7 Å². The predicted octanol–water partition coefficient (Wildman–Crippen LogP) is 4.25. The van der Waals surface area contributed by atoms with E-state index in [4.69, 9.17) is 0 Å². The summed E-state index contributed by atoms with van der Waals surface area (Å²) in [5.41, 5.74) is 0. The molecule has 1 N–H and O–H groups in total. The fraction of sp³-hybridized carbons (Fsp3) is 1.00. The zero-order valence-electron chi connectivity index (χ0n) is 11.6. The van der Waals surface area contributed by atoms with E-state index in [0.717, 1.165) is 24.7 Å². The van der Waals surface area contributed by atoms with E-state index in [1.165, 1.54) is 25.7 Å². The van der Waals surface area contributed by atoms with Crippen LogP contribution in [0.1, 0.15) is 66.2 Å². The van der Waals surface area contributed by atoms with Gasteiger partial charge in [0.05, 0.1) is 6.10 Å². The second-order valence-electron chi connectivity index (χ2n) is 5.99. The van der Waals surface area contributed by atoms with Crippen molar-refractivity contribution < 1.29 is 5.11 Å². The van der Waals surface area contributed by atoms with Gasteiger partial charge < -0.3 is 5.11 Å². The lowest BCUT2D eigenvalue weighted by atomic mass is 9.72. The van der Waals surface area contributed by atoms with Crippen molar-refractivity contribution >= 4 is 0 Å². The van der Waals surface area contributed by atoms with Crippen molar-refractivity contribution in [2.45, 2.75) is 72.3 Å². The lowest BCUT2D eigenvalue weighted by Crippen LogP contribution is -2.32. The molecule has 0 amide bonds. The minimum absolute atomic E-state index is 0.0388. The molecule has 0 radical (unpaired) electrons. The van der Waals surface area contributed by atoms with Gasteiger partial charge in [0, 0.05) is 0 Å². The first kappa shape index (κ1) is 14.0. The Bertz CT molecular complexity index is 176. The van der Waals surface area contributed by atoms with Crippen LogP contribution in [0.25, 0.3) is 0 Å². The van der Waals surface area contributed by atoms with Gasteiger partial charge in [-0.1, -0.05) is 40.5 Å². The molecule has 0 aromatic heterocycles. The first-order valence-electron chi connectivity index (χ1n) is 7.28. The van der Waals surface area contributed by atoms with E-state index in [1.807, 2.05) is 0 Å². The molecule has 1 aliphatic carbocycles. The van der Waals surface area contributed by atoms with Crippen LogP contribution in [-0.2, 0) is 0 Å².